The number of halogens is 1. The molecule has 5 nitrogen and oxygen atoms in total. The van der Waals surface area contributed by atoms with Crippen LogP contribution in [0.25, 0.3) is 0 Å². The zero-order valence-electron chi connectivity index (χ0n) is 19.1. The number of hydrogen-bond acceptors (Lipinski definition) is 3. The second kappa shape index (κ2) is 10.9. The Labute approximate surface area is 214 Å². The van der Waals surface area contributed by atoms with Crippen LogP contribution in [0.3, 0.4) is 0 Å². The van der Waals surface area contributed by atoms with Gasteiger partial charge in [0.05, 0.1) is 16.6 Å². The fourth-order valence-electron chi connectivity index (χ4n) is 3.83. The highest BCUT2D eigenvalue weighted by Crippen LogP contribution is 2.26. The lowest BCUT2D eigenvalue weighted by Crippen LogP contribution is -2.42. The summed E-state index contributed by atoms with van der Waals surface area (Å²) in [6, 6.07) is 32.1. The molecule has 1 N–H and O–H groups in total. The second-order valence-corrected chi connectivity index (χ2v) is 10.9. The van der Waals surface area contributed by atoms with Crippen LogP contribution in [0, 0.1) is 6.92 Å². The maximum Gasteiger partial charge on any atom is 0.264 e. The predicted octanol–water partition coefficient (Wildman–Crippen LogP) is 5.86. The van der Waals surface area contributed by atoms with Crippen molar-refractivity contribution in [1.29, 1.82) is 0 Å². The number of nitrogens with zero attached hydrogens (tertiary/aromatic N) is 1. The van der Waals surface area contributed by atoms with Crippen LogP contribution < -0.4 is 9.62 Å². The molecule has 1 unspecified atom stereocenters. The summed E-state index contributed by atoms with van der Waals surface area (Å²) in [5, 5.41) is 3.06. The normalized spacial score (nSPS) is 12.1. The van der Waals surface area contributed by atoms with Gasteiger partial charge in [0.15, 0.2) is 0 Å². The highest BCUT2D eigenvalue weighted by atomic mass is 79.9. The lowest BCUT2D eigenvalue weighted by atomic mass is 9.97. The Morgan fingerprint density at radius 1 is 0.829 bits per heavy atom. The number of nitrogens with one attached hydrogen (secondary N) is 1. The second-order valence-electron chi connectivity index (χ2n) is 8.13. The molecule has 0 aliphatic rings. The molecule has 0 spiro atoms. The van der Waals surface area contributed by atoms with Crippen molar-refractivity contribution in [2.24, 2.45) is 0 Å². The Balaban J connectivity index is 1.68. The molecule has 4 aromatic rings. The van der Waals surface area contributed by atoms with Crippen LogP contribution in [0.1, 0.15) is 22.7 Å². The fraction of sp³-hybridized carbons (Fsp3) is 0.107. The molecule has 1 atom stereocenters. The molecule has 0 bridgehead atoms. The van der Waals surface area contributed by atoms with Gasteiger partial charge in [0.2, 0.25) is 5.91 Å². The van der Waals surface area contributed by atoms with E-state index in [1.807, 2.05) is 61.5 Å². The molecule has 4 rings (SSSR count). The third-order valence-electron chi connectivity index (χ3n) is 5.55. The van der Waals surface area contributed by atoms with E-state index in [4.69, 9.17) is 0 Å². The number of carbonyl (C=O) groups excluding carboxylic acids is 1. The molecule has 0 heterocycles. The summed E-state index contributed by atoms with van der Waals surface area (Å²) in [6.45, 7) is 1.63. The van der Waals surface area contributed by atoms with Gasteiger partial charge in [-0.3, -0.25) is 9.10 Å². The number of sulfonamides is 1. The number of rotatable bonds is 8. The van der Waals surface area contributed by atoms with Crippen molar-refractivity contribution in [2.75, 3.05) is 10.8 Å². The maximum atomic E-state index is 13.6. The van der Waals surface area contributed by atoms with Crippen molar-refractivity contribution in [3.05, 3.63) is 130 Å². The van der Waals surface area contributed by atoms with E-state index in [1.165, 1.54) is 12.1 Å². The monoisotopic (exact) mass is 548 g/mol. The van der Waals surface area contributed by atoms with E-state index in [0.29, 0.717) is 5.69 Å². The average molecular weight is 549 g/mol. The molecule has 0 aliphatic carbocycles. The number of amides is 1. The van der Waals surface area contributed by atoms with Crippen LogP contribution in [0.15, 0.2) is 119 Å². The molecule has 0 aliphatic heterocycles. The number of aryl methyl sites for hydroxylation is 1. The molecule has 0 saturated carbocycles. The summed E-state index contributed by atoms with van der Waals surface area (Å²) in [7, 11) is -3.98. The number of carbonyl (C=O) groups is 1. The van der Waals surface area contributed by atoms with Gasteiger partial charge in [0, 0.05) is 4.47 Å². The van der Waals surface area contributed by atoms with Crippen LogP contribution in [-0.4, -0.2) is 20.9 Å². The van der Waals surface area contributed by atoms with E-state index in [2.05, 4.69) is 21.2 Å². The van der Waals surface area contributed by atoms with E-state index in [-0.39, 0.29) is 11.4 Å². The lowest BCUT2D eigenvalue weighted by Gasteiger charge is -2.26. The van der Waals surface area contributed by atoms with Crippen molar-refractivity contribution in [1.82, 2.24) is 5.32 Å². The minimum atomic E-state index is -3.98. The van der Waals surface area contributed by atoms with Gasteiger partial charge < -0.3 is 5.32 Å². The quantitative estimate of drug-likeness (QED) is 0.300. The summed E-state index contributed by atoms with van der Waals surface area (Å²) in [6.07, 6.45) is 0. The van der Waals surface area contributed by atoms with E-state index < -0.39 is 22.0 Å². The van der Waals surface area contributed by atoms with Crippen molar-refractivity contribution < 1.29 is 13.2 Å². The summed E-state index contributed by atoms with van der Waals surface area (Å²) < 4.78 is 29.1. The highest BCUT2D eigenvalue weighted by molar-refractivity contribution is 9.10. The molecular weight excluding hydrogens is 524 g/mol. The van der Waals surface area contributed by atoms with Crippen LogP contribution in [0.5, 0.6) is 0 Å². The van der Waals surface area contributed by atoms with E-state index >= 15 is 0 Å². The van der Waals surface area contributed by atoms with Crippen molar-refractivity contribution in [2.45, 2.75) is 17.9 Å². The topological polar surface area (TPSA) is 66.5 Å². The van der Waals surface area contributed by atoms with Gasteiger partial charge in [-0.2, -0.15) is 0 Å². The zero-order valence-corrected chi connectivity index (χ0v) is 21.5. The van der Waals surface area contributed by atoms with Crippen molar-refractivity contribution in [3.63, 3.8) is 0 Å². The SMILES string of the molecule is Cc1cccc(C(NC(=O)CN(c2ccc(Br)cc2)S(=O)(=O)c2ccccc2)c2ccccc2)c1. The molecule has 0 saturated heterocycles. The lowest BCUT2D eigenvalue weighted by molar-refractivity contribution is -0.120. The van der Waals surface area contributed by atoms with Gasteiger partial charge in [0.1, 0.15) is 6.54 Å². The first-order chi connectivity index (χ1) is 16.8. The smallest absolute Gasteiger partial charge is 0.264 e. The third kappa shape index (κ3) is 5.99. The minimum absolute atomic E-state index is 0.119. The summed E-state index contributed by atoms with van der Waals surface area (Å²) in [4.78, 5) is 13.5. The van der Waals surface area contributed by atoms with Crippen LogP contribution in [-0.2, 0) is 14.8 Å². The van der Waals surface area contributed by atoms with E-state index in [9.17, 15) is 13.2 Å². The number of hydrogen-bond donors (Lipinski definition) is 1. The number of anilines is 1. The highest BCUT2D eigenvalue weighted by Gasteiger charge is 2.28. The molecular formula is C28H25BrN2O3S. The van der Waals surface area contributed by atoms with Crippen LogP contribution in [0.2, 0.25) is 0 Å². The van der Waals surface area contributed by atoms with Gasteiger partial charge in [0.25, 0.3) is 10.0 Å². The Hall–Kier alpha value is -3.42. The van der Waals surface area contributed by atoms with Gasteiger partial charge in [-0.1, -0.05) is 94.3 Å². The first kappa shape index (κ1) is 24.7. The molecule has 35 heavy (non-hydrogen) atoms. The Kier molecular flexibility index (Phi) is 7.68. The first-order valence-corrected chi connectivity index (χ1v) is 13.3. The molecule has 0 radical (unpaired) electrons. The summed E-state index contributed by atoms with van der Waals surface area (Å²) in [5.74, 6) is -0.414. The molecule has 178 valence electrons. The van der Waals surface area contributed by atoms with Crippen LogP contribution >= 0.6 is 15.9 Å². The first-order valence-electron chi connectivity index (χ1n) is 11.1. The van der Waals surface area contributed by atoms with Gasteiger partial charge >= 0.3 is 0 Å². The molecule has 4 aromatic carbocycles. The third-order valence-corrected chi connectivity index (χ3v) is 7.86. The minimum Gasteiger partial charge on any atom is -0.344 e. The predicted molar refractivity (Wildman–Crippen MR) is 143 cm³/mol. The summed E-state index contributed by atoms with van der Waals surface area (Å²) in [5.41, 5.74) is 3.30. The Morgan fingerprint density at radius 2 is 1.43 bits per heavy atom. The van der Waals surface area contributed by atoms with Crippen molar-refractivity contribution >= 4 is 37.5 Å². The van der Waals surface area contributed by atoms with Crippen LogP contribution in [0.4, 0.5) is 5.69 Å². The maximum absolute atomic E-state index is 13.6. The van der Waals surface area contributed by atoms with E-state index in [0.717, 1.165) is 25.5 Å². The van der Waals surface area contributed by atoms with E-state index in [1.54, 1.807) is 42.5 Å². The fourth-order valence-corrected chi connectivity index (χ4v) is 5.54. The Bertz CT molecular complexity index is 1390. The van der Waals surface area contributed by atoms with Gasteiger partial charge in [-0.15, -0.1) is 0 Å². The summed E-state index contributed by atoms with van der Waals surface area (Å²) >= 11 is 3.38. The molecule has 0 aromatic heterocycles. The standard InChI is InChI=1S/C28H25BrN2O3S/c1-21-9-8-12-23(19-21)28(22-10-4-2-5-11-22)30-27(32)20-31(25-17-15-24(29)16-18-25)35(33,34)26-13-6-3-7-14-26/h2-19,28H,20H2,1H3,(H,30,32). The average Bonchev–Trinajstić information content (AvgIpc) is 2.87. The van der Waals surface area contributed by atoms with Gasteiger partial charge in [-0.25, -0.2) is 8.42 Å². The molecule has 7 heteroatoms. The largest absolute Gasteiger partial charge is 0.344 e. The molecule has 1 amide bonds. The zero-order chi connectivity index (χ0) is 24.8. The Morgan fingerprint density at radius 3 is 2.06 bits per heavy atom. The van der Waals surface area contributed by atoms with Crippen molar-refractivity contribution in [3.8, 4) is 0 Å². The molecule has 0 fully saturated rings. The van der Waals surface area contributed by atoms with Gasteiger partial charge in [-0.05, 0) is 54.4 Å². The number of benzene rings is 4.